The highest BCUT2D eigenvalue weighted by Crippen LogP contribution is 2.13. The van der Waals surface area contributed by atoms with Gasteiger partial charge in [0, 0.05) is 13.1 Å². The molecule has 1 N–H and O–H groups in total. The molecule has 1 heterocycles. The van der Waals surface area contributed by atoms with Gasteiger partial charge in [0.1, 0.15) is 0 Å². The SMILES string of the molecule is Cc1ccc(CC[C@@H]2C=CCNC2)cc1. The molecular weight excluding hydrogens is 182 g/mol. The van der Waals surface area contributed by atoms with E-state index in [-0.39, 0.29) is 0 Å². The number of rotatable bonds is 3. The fourth-order valence-electron chi connectivity index (χ4n) is 1.99. The molecule has 1 aromatic rings. The van der Waals surface area contributed by atoms with Crippen molar-refractivity contribution in [3.63, 3.8) is 0 Å². The van der Waals surface area contributed by atoms with E-state index in [1.54, 1.807) is 0 Å². The van der Waals surface area contributed by atoms with Gasteiger partial charge in [0.05, 0.1) is 0 Å². The van der Waals surface area contributed by atoms with Crippen LogP contribution in [0, 0.1) is 12.8 Å². The molecule has 15 heavy (non-hydrogen) atoms. The molecule has 1 heteroatoms. The predicted octanol–water partition coefficient (Wildman–Crippen LogP) is 2.70. The quantitative estimate of drug-likeness (QED) is 0.741. The van der Waals surface area contributed by atoms with Gasteiger partial charge in [-0.1, -0.05) is 42.0 Å². The Kier molecular flexibility index (Phi) is 3.57. The van der Waals surface area contributed by atoms with Crippen LogP contribution < -0.4 is 5.32 Å². The van der Waals surface area contributed by atoms with Crippen molar-refractivity contribution in [2.75, 3.05) is 13.1 Å². The third-order valence-corrected chi connectivity index (χ3v) is 3.00. The number of aryl methyl sites for hydroxylation is 2. The highest BCUT2D eigenvalue weighted by molar-refractivity contribution is 5.21. The van der Waals surface area contributed by atoms with E-state index in [0.29, 0.717) is 0 Å². The molecule has 0 saturated heterocycles. The standard InChI is InChI=1S/C14H19N/c1-12-4-6-13(7-5-12)8-9-14-3-2-10-15-11-14/h2-7,14-15H,8-11H2,1H3/t14-/m0/s1. The van der Waals surface area contributed by atoms with E-state index in [0.717, 1.165) is 19.0 Å². The summed E-state index contributed by atoms with van der Waals surface area (Å²) in [6, 6.07) is 8.89. The van der Waals surface area contributed by atoms with E-state index >= 15 is 0 Å². The second-order valence-electron chi connectivity index (χ2n) is 4.37. The summed E-state index contributed by atoms with van der Waals surface area (Å²) >= 11 is 0. The average Bonchev–Trinajstić information content (AvgIpc) is 2.30. The average molecular weight is 201 g/mol. The lowest BCUT2D eigenvalue weighted by molar-refractivity contribution is 0.522. The van der Waals surface area contributed by atoms with Crippen molar-refractivity contribution in [2.45, 2.75) is 19.8 Å². The maximum Gasteiger partial charge on any atom is 0.0135 e. The summed E-state index contributed by atoms with van der Waals surface area (Å²) in [5, 5.41) is 3.39. The van der Waals surface area contributed by atoms with Gasteiger partial charge < -0.3 is 5.32 Å². The highest BCUT2D eigenvalue weighted by Gasteiger charge is 2.07. The summed E-state index contributed by atoms with van der Waals surface area (Å²) in [7, 11) is 0. The Labute approximate surface area is 92.2 Å². The molecule has 0 radical (unpaired) electrons. The second-order valence-corrected chi connectivity index (χ2v) is 4.37. The van der Waals surface area contributed by atoms with Gasteiger partial charge in [0.25, 0.3) is 0 Å². The molecule has 1 aliphatic heterocycles. The van der Waals surface area contributed by atoms with Crippen LogP contribution in [0.2, 0.25) is 0 Å². The molecule has 1 aromatic carbocycles. The van der Waals surface area contributed by atoms with E-state index in [9.17, 15) is 0 Å². The maximum absolute atomic E-state index is 3.39. The highest BCUT2D eigenvalue weighted by atomic mass is 14.9. The van der Waals surface area contributed by atoms with E-state index in [1.807, 2.05) is 0 Å². The Hall–Kier alpha value is -1.08. The second kappa shape index (κ2) is 5.13. The monoisotopic (exact) mass is 201 g/mol. The van der Waals surface area contributed by atoms with Gasteiger partial charge in [-0.2, -0.15) is 0 Å². The van der Waals surface area contributed by atoms with E-state index in [1.165, 1.54) is 24.0 Å². The van der Waals surface area contributed by atoms with Crippen LogP contribution in [-0.4, -0.2) is 13.1 Å². The first kappa shape index (κ1) is 10.4. The van der Waals surface area contributed by atoms with Crippen molar-refractivity contribution < 1.29 is 0 Å². The Bertz CT molecular complexity index is 324. The largest absolute Gasteiger partial charge is 0.313 e. The van der Waals surface area contributed by atoms with Gasteiger partial charge in [0.15, 0.2) is 0 Å². The van der Waals surface area contributed by atoms with Crippen LogP contribution in [0.1, 0.15) is 17.5 Å². The minimum atomic E-state index is 0.722. The number of nitrogens with one attached hydrogen (secondary N) is 1. The van der Waals surface area contributed by atoms with E-state index in [4.69, 9.17) is 0 Å². The lowest BCUT2D eigenvalue weighted by atomic mass is 9.97. The van der Waals surface area contributed by atoms with Crippen LogP contribution in [0.25, 0.3) is 0 Å². The van der Waals surface area contributed by atoms with Crippen molar-refractivity contribution in [1.82, 2.24) is 5.32 Å². The number of hydrogen-bond acceptors (Lipinski definition) is 1. The summed E-state index contributed by atoms with van der Waals surface area (Å²) in [6.45, 7) is 4.32. The van der Waals surface area contributed by atoms with Gasteiger partial charge in [-0.05, 0) is 31.2 Å². The molecule has 0 unspecified atom stereocenters. The van der Waals surface area contributed by atoms with Crippen molar-refractivity contribution in [3.8, 4) is 0 Å². The third kappa shape index (κ3) is 3.21. The Morgan fingerprint density at radius 1 is 1.27 bits per heavy atom. The number of hydrogen-bond donors (Lipinski definition) is 1. The first-order valence-electron chi connectivity index (χ1n) is 5.77. The fourth-order valence-corrected chi connectivity index (χ4v) is 1.99. The molecule has 0 saturated carbocycles. The summed E-state index contributed by atoms with van der Waals surface area (Å²) in [5.41, 5.74) is 2.80. The van der Waals surface area contributed by atoms with Crippen LogP contribution >= 0.6 is 0 Å². The minimum absolute atomic E-state index is 0.722. The lowest BCUT2D eigenvalue weighted by Crippen LogP contribution is -2.26. The van der Waals surface area contributed by atoms with Gasteiger partial charge in [-0.3, -0.25) is 0 Å². The molecule has 0 fully saturated rings. The van der Waals surface area contributed by atoms with Crippen molar-refractivity contribution in [2.24, 2.45) is 5.92 Å². The third-order valence-electron chi connectivity index (χ3n) is 3.00. The molecule has 0 spiro atoms. The smallest absolute Gasteiger partial charge is 0.0135 e. The van der Waals surface area contributed by atoms with Crippen molar-refractivity contribution in [3.05, 3.63) is 47.5 Å². The Morgan fingerprint density at radius 2 is 2.07 bits per heavy atom. The van der Waals surface area contributed by atoms with Crippen molar-refractivity contribution >= 4 is 0 Å². The molecule has 0 aliphatic carbocycles. The van der Waals surface area contributed by atoms with Crippen LogP contribution in [0.5, 0.6) is 0 Å². The molecule has 1 aliphatic rings. The zero-order chi connectivity index (χ0) is 10.5. The molecule has 1 atom stereocenters. The maximum atomic E-state index is 3.39. The predicted molar refractivity (Wildman–Crippen MR) is 65.0 cm³/mol. The summed E-state index contributed by atoms with van der Waals surface area (Å²) < 4.78 is 0. The molecule has 0 bridgehead atoms. The van der Waals surface area contributed by atoms with Gasteiger partial charge in [-0.15, -0.1) is 0 Å². The summed E-state index contributed by atoms with van der Waals surface area (Å²) in [6.07, 6.45) is 7.04. The molecular formula is C14H19N. The zero-order valence-corrected chi connectivity index (χ0v) is 9.37. The topological polar surface area (TPSA) is 12.0 Å². The Balaban J connectivity index is 1.84. The minimum Gasteiger partial charge on any atom is -0.313 e. The number of benzene rings is 1. The summed E-state index contributed by atoms with van der Waals surface area (Å²) in [5.74, 6) is 0.722. The van der Waals surface area contributed by atoms with Gasteiger partial charge in [0.2, 0.25) is 0 Å². The lowest BCUT2D eigenvalue weighted by Gasteiger charge is -2.17. The fraction of sp³-hybridized carbons (Fsp3) is 0.429. The van der Waals surface area contributed by atoms with Crippen LogP contribution in [-0.2, 0) is 6.42 Å². The van der Waals surface area contributed by atoms with Gasteiger partial charge in [-0.25, -0.2) is 0 Å². The van der Waals surface area contributed by atoms with Crippen molar-refractivity contribution in [1.29, 1.82) is 0 Å². The molecule has 80 valence electrons. The zero-order valence-electron chi connectivity index (χ0n) is 9.37. The molecule has 1 nitrogen and oxygen atoms in total. The molecule has 2 rings (SSSR count). The van der Waals surface area contributed by atoms with Gasteiger partial charge >= 0.3 is 0 Å². The first-order chi connectivity index (χ1) is 7.34. The van der Waals surface area contributed by atoms with Crippen LogP contribution in [0.4, 0.5) is 0 Å². The van der Waals surface area contributed by atoms with E-state index < -0.39 is 0 Å². The normalized spacial score (nSPS) is 20.5. The Morgan fingerprint density at radius 3 is 2.73 bits per heavy atom. The molecule has 0 amide bonds. The van der Waals surface area contributed by atoms with E-state index in [2.05, 4.69) is 48.7 Å². The van der Waals surface area contributed by atoms with Crippen LogP contribution in [0.15, 0.2) is 36.4 Å². The van der Waals surface area contributed by atoms with Crippen LogP contribution in [0.3, 0.4) is 0 Å². The summed E-state index contributed by atoms with van der Waals surface area (Å²) in [4.78, 5) is 0. The first-order valence-corrected chi connectivity index (χ1v) is 5.77. The molecule has 0 aromatic heterocycles.